The van der Waals surface area contributed by atoms with E-state index >= 15 is 4.39 Å². The van der Waals surface area contributed by atoms with E-state index in [2.05, 4.69) is 23.8 Å². The first kappa shape index (κ1) is 22.5. The van der Waals surface area contributed by atoms with Crippen molar-refractivity contribution in [3.05, 3.63) is 23.8 Å². The molecule has 0 radical (unpaired) electrons. The first-order chi connectivity index (χ1) is 13.9. The van der Waals surface area contributed by atoms with E-state index in [0.29, 0.717) is 23.5 Å². The van der Waals surface area contributed by atoms with Crippen LogP contribution in [-0.2, 0) is 10.2 Å². The normalized spacial score (nSPS) is 23.1. The van der Waals surface area contributed by atoms with Gasteiger partial charge in [0.05, 0.1) is 29.7 Å². The third-order valence-corrected chi connectivity index (χ3v) is 6.29. The van der Waals surface area contributed by atoms with Gasteiger partial charge in [-0.15, -0.1) is 0 Å². The van der Waals surface area contributed by atoms with Gasteiger partial charge >= 0.3 is 0 Å². The van der Waals surface area contributed by atoms with Crippen LogP contribution in [0.1, 0.15) is 66.4 Å². The number of amides is 1. The Bertz CT molecular complexity index is 932. The molecule has 3 heterocycles. The highest BCUT2D eigenvalue weighted by atomic mass is 19.1. The van der Waals surface area contributed by atoms with Crippen LogP contribution in [0.2, 0.25) is 0 Å². The number of H-pyrrole nitrogens is 1. The number of fused-ring (bicyclic) bond motifs is 1. The van der Waals surface area contributed by atoms with Crippen LogP contribution in [0.25, 0.3) is 11.0 Å². The number of carbonyl (C=O) groups excluding carboxylic acids is 1. The van der Waals surface area contributed by atoms with E-state index in [1.165, 1.54) is 13.3 Å². The molecule has 0 saturated carbocycles. The molecule has 2 N–H and O–H groups in total. The Kier molecular flexibility index (Phi) is 5.89. The van der Waals surface area contributed by atoms with Gasteiger partial charge in [-0.25, -0.2) is 9.37 Å². The summed E-state index contributed by atoms with van der Waals surface area (Å²) in [6.07, 6.45) is 5.25. The van der Waals surface area contributed by atoms with Gasteiger partial charge in [0.2, 0.25) is 5.91 Å². The van der Waals surface area contributed by atoms with Gasteiger partial charge in [-0.2, -0.15) is 0 Å². The number of aromatic nitrogens is 2. The molecule has 0 aromatic carbocycles. The Labute approximate surface area is 177 Å². The van der Waals surface area contributed by atoms with E-state index in [9.17, 15) is 9.90 Å². The Hall–Kier alpha value is -2.15. The molecule has 166 valence electrons. The van der Waals surface area contributed by atoms with Gasteiger partial charge in [-0.3, -0.25) is 4.79 Å². The molecule has 3 rings (SSSR count). The zero-order chi connectivity index (χ0) is 22.4. The Morgan fingerprint density at radius 1 is 1.33 bits per heavy atom. The number of pyridine rings is 1. The maximum Gasteiger partial charge on any atom is 0.233 e. The number of piperidine rings is 1. The monoisotopic (exact) mass is 419 g/mol. The van der Waals surface area contributed by atoms with Crippen LogP contribution in [0.15, 0.2) is 12.4 Å². The van der Waals surface area contributed by atoms with Crippen LogP contribution in [-0.4, -0.2) is 50.7 Å². The molecule has 3 unspecified atom stereocenters. The van der Waals surface area contributed by atoms with Crippen molar-refractivity contribution in [3.63, 3.8) is 0 Å². The quantitative estimate of drug-likeness (QED) is 0.763. The Morgan fingerprint density at radius 3 is 2.60 bits per heavy atom. The Balaban J connectivity index is 2.04. The molecule has 2 aromatic heterocycles. The van der Waals surface area contributed by atoms with Gasteiger partial charge in [0.25, 0.3) is 0 Å². The molecule has 1 saturated heterocycles. The first-order valence-corrected chi connectivity index (χ1v) is 10.6. The average molecular weight is 420 g/mol. The average Bonchev–Trinajstić information content (AvgIpc) is 3.05. The predicted molar refractivity (Wildman–Crippen MR) is 115 cm³/mol. The molecule has 1 aliphatic rings. The molecule has 7 heteroatoms. The minimum absolute atomic E-state index is 0.0376. The van der Waals surface area contributed by atoms with Crippen LogP contribution in [0, 0.1) is 11.7 Å². The molecule has 1 fully saturated rings. The molecule has 3 atom stereocenters. The number of likely N-dealkylation sites (tertiary alicyclic amines) is 1. The molecule has 0 bridgehead atoms. The molecule has 30 heavy (non-hydrogen) atoms. The lowest BCUT2D eigenvalue weighted by atomic mass is 9.78. The van der Waals surface area contributed by atoms with Crippen molar-refractivity contribution in [1.29, 1.82) is 0 Å². The number of rotatable bonds is 5. The summed E-state index contributed by atoms with van der Waals surface area (Å²) < 4.78 is 20.2. The SMILES string of the molecule is COc1cnc2[nH]cc(C(C)(C)C(=O)N3C(C)CC(C)CC3CC(C)(C)O)c2c1F. The standard InChI is InChI=1S/C23H34FN3O3/c1-13-8-14(2)27(15(9-13)10-22(3,4)29)21(28)23(5,6)16-11-25-20-18(16)19(24)17(30-7)12-26-20/h11-15,29H,8-10H2,1-7H3,(H,25,26). The van der Waals surface area contributed by atoms with Gasteiger partial charge in [0, 0.05) is 18.3 Å². The summed E-state index contributed by atoms with van der Waals surface area (Å²) in [6.45, 7) is 11.4. The van der Waals surface area contributed by atoms with Crippen molar-refractivity contribution < 1.29 is 19.0 Å². The summed E-state index contributed by atoms with van der Waals surface area (Å²) in [7, 11) is 1.40. The number of carbonyl (C=O) groups is 1. The lowest BCUT2D eigenvalue weighted by Crippen LogP contribution is -2.57. The van der Waals surface area contributed by atoms with Crippen LogP contribution in [0.5, 0.6) is 5.75 Å². The van der Waals surface area contributed by atoms with E-state index in [4.69, 9.17) is 4.74 Å². The van der Waals surface area contributed by atoms with Crippen molar-refractivity contribution in [3.8, 4) is 5.75 Å². The second-order valence-electron chi connectivity index (χ2n) is 10.00. The van der Waals surface area contributed by atoms with Crippen molar-refractivity contribution in [2.75, 3.05) is 7.11 Å². The van der Waals surface area contributed by atoms with Gasteiger partial charge in [-0.05, 0) is 65.4 Å². The number of halogens is 1. The summed E-state index contributed by atoms with van der Waals surface area (Å²) in [6, 6.07) is -0.0335. The summed E-state index contributed by atoms with van der Waals surface area (Å²) in [5.41, 5.74) is -0.926. The van der Waals surface area contributed by atoms with Crippen LogP contribution >= 0.6 is 0 Å². The van der Waals surface area contributed by atoms with Crippen LogP contribution in [0.3, 0.4) is 0 Å². The van der Waals surface area contributed by atoms with E-state index in [-0.39, 0.29) is 29.1 Å². The van der Waals surface area contributed by atoms with E-state index in [0.717, 1.165) is 12.8 Å². The fraction of sp³-hybridized carbons (Fsp3) is 0.652. The number of aliphatic hydroxyl groups is 1. The number of ether oxygens (including phenoxy) is 1. The largest absolute Gasteiger partial charge is 0.492 e. The third kappa shape index (κ3) is 4.04. The molecule has 0 aliphatic carbocycles. The minimum atomic E-state index is -0.986. The molecule has 0 spiro atoms. The maximum absolute atomic E-state index is 15.1. The summed E-state index contributed by atoms with van der Waals surface area (Å²) >= 11 is 0. The van der Waals surface area contributed by atoms with Gasteiger partial charge in [0.1, 0.15) is 5.65 Å². The molecular weight excluding hydrogens is 385 g/mol. The van der Waals surface area contributed by atoms with Gasteiger partial charge < -0.3 is 19.7 Å². The Morgan fingerprint density at radius 2 is 2.00 bits per heavy atom. The summed E-state index contributed by atoms with van der Waals surface area (Å²) in [4.78, 5) is 23.0. The number of hydrogen-bond acceptors (Lipinski definition) is 4. The zero-order valence-corrected chi connectivity index (χ0v) is 19.0. The lowest BCUT2D eigenvalue weighted by Gasteiger charge is -2.47. The minimum Gasteiger partial charge on any atom is -0.492 e. The third-order valence-electron chi connectivity index (χ3n) is 6.29. The highest BCUT2D eigenvalue weighted by Gasteiger charge is 2.44. The molecule has 2 aromatic rings. The first-order valence-electron chi connectivity index (χ1n) is 10.6. The number of hydrogen-bond donors (Lipinski definition) is 2. The van der Waals surface area contributed by atoms with Crippen molar-refractivity contribution in [1.82, 2.24) is 14.9 Å². The lowest BCUT2D eigenvalue weighted by molar-refractivity contribution is -0.145. The summed E-state index contributed by atoms with van der Waals surface area (Å²) in [5.74, 6) is -0.0718. The van der Waals surface area contributed by atoms with Crippen molar-refractivity contribution in [2.24, 2.45) is 5.92 Å². The summed E-state index contributed by atoms with van der Waals surface area (Å²) in [5, 5.41) is 10.7. The molecule has 6 nitrogen and oxygen atoms in total. The van der Waals surface area contributed by atoms with E-state index < -0.39 is 16.8 Å². The number of nitrogens with one attached hydrogen (secondary N) is 1. The van der Waals surface area contributed by atoms with Crippen LogP contribution < -0.4 is 4.74 Å². The highest BCUT2D eigenvalue weighted by molar-refractivity contribution is 5.94. The maximum atomic E-state index is 15.1. The van der Waals surface area contributed by atoms with Crippen molar-refractivity contribution >= 4 is 16.9 Å². The van der Waals surface area contributed by atoms with E-state index in [1.54, 1.807) is 20.0 Å². The topological polar surface area (TPSA) is 78.5 Å². The molecule has 1 amide bonds. The number of methoxy groups -OCH3 is 1. The van der Waals surface area contributed by atoms with Gasteiger partial charge in [0.15, 0.2) is 11.6 Å². The van der Waals surface area contributed by atoms with Crippen LogP contribution in [0.4, 0.5) is 4.39 Å². The van der Waals surface area contributed by atoms with E-state index in [1.807, 2.05) is 18.7 Å². The second-order valence-corrected chi connectivity index (χ2v) is 10.00. The molecule has 1 aliphatic heterocycles. The second kappa shape index (κ2) is 7.84. The fourth-order valence-electron chi connectivity index (χ4n) is 4.97. The number of aromatic amines is 1. The highest BCUT2D eigenvalue weighted by Crippen LogP contribution is 2.39. The predicted octanol–water partition coefficient (Wildman–Crippen LogP) is 4.16. The van der Waals surface area contributed by atoms with Gasteiger partial charge in [-0.1, -0.05) is 6.92 Å². The molecular formula is C23H34FN3O3. The van der Waals surface area contributed by atoms with Crippen molar-refractivity contribution in [2.45, 2.75) is 83.9 Å². The zero-order valence-electron chi connectivity index (χ0n) is 19.0. The number of nitrogens with zero attached hydrogens (tertiary/aromatic N) is 2. The smallest absolute Gasteiger partial charge is 0.233 e. The fourth-order valence-corrected chi connectivity index (χ4v) is 4.97.